The molecule has 0 saturated heterocycles. The molecule has 3 aromatic carbocycles. The zero-order valence-corrected chi connectivity index (χ0v) is 19.8. The SMILES string of the molecule is Cc1ccc([C@@H](N=Cc2ccc(Cl)cc2)[C@H](CC(=O)OC(C)(C)C)c2ccccc2)cc1. The van der Waals surface area contributed by atoms with Crippen LogP contribution in [-0.4, -0.2) is 17.8 Å². The van der Waals surface area contributed by atoms with Gasteiger partial charge in [-0.15, -0.1) is 0 Å². The van der Waals surface area contributed by atoms with Gasteiger partial charge in [0.2, 0.25) is 0 Å². The average Bonchev–Trinajstić information content (AvgIpc) is 2.75. The Bertz CT molecular complexity index is 1040. The second kappa shape index (κ2) is 10.6. The molecule has 0 saturated carbocycles. The van der Waals surface area contributed by atoms with Crippen LogP contribution in [0.4, 0.5) is 0 Å². The number of ether oxygens (including phenoxy) is 1. The molecule has 3 nitrogen and oxygen atoms in total. The van der Waals surface area contributed by atoms with Crippen LogP contribution in [0.3, 0.4) is 0 Å². The highest BCUT2D eigenvalue weighted by Crippen LogP contribution is 2.37. The van der Waals surface area contributed by atoms with Gasteiger partial charge in [0.15, 0.2) is 0 Å². The highest BCUT2D eigenvalue weighted by atomic mass is 35.5. The van der Waals surface area contributed by atoms with E-state index in [-0.39, 0.29) is 24.3 Å². The van der Waals surface area contributed by atoms with Gasteiger partial charge in [0.05, 0.1) is 12.5 Å². The van der Waals surface area contributed by atoms with Crippen molar-refractivity contribution in [2.75, 3.05) is 0 Å². The fourth-order valence-corrected chi connectivity index (χ4v) is 3.70. The zero-order valence-electron chi connectivity index (χ0n) is 19.1. The molecule has 0 radical (unpaired) electrons. The monoisotopic (exact) mass is 447 g/mol. The molecule has 2 atom stereocenters. The molecule has 166 valence electrons. The van der Waals surface area contributed by atoms with E-state index in [9.17, 15) is 4.79 Å². The molecule has 0 amide bonds. The van der Waals surface area contributed by atoms with Crippen LogP contribution >= 0.6 is 11.6 Å². The van der Waals surface area contributed by atoms with Gasteiger partial charge in [-0.1, -0.05) is 83.9 Å². The molecular weight excluding hydrogens is 418 g/mol. The summed E-state index contributed by atoms with van der Waals surface area (Å²) >= 11 is 6.03. The van der Waals surface area contributed by atoms with E-state index in [2.05, 4.69) is 31.2 Å². The molecule has 0 fully saturated rings. The van der Waals surface area contributed by atoms with Gasteiger partial charge in [0, 0.05) is 17.2 Å². The summed E-state index contributed by atoms with van der Waals surface area (Å²) in [5.74, 6) is -0.400. The third-order valence-electron chi connectivity index (χ3n) is 5.09. The van der Waals surface area contributed by atoms with Gasteiger partial charge >= 0.3 is 5.97 Å². The molecule has 32 heavy (non-hydrogen) atoms. The maximum atomic E-state index is 12.9. The Balaban J connectivity index is 2.02. The third kappa shape index (κ3) is 7.06. The van der Waals surface area contributed by atoms with E-state index in [1.807, 2.05) is 81.6 Å². The Morgan fingerprint density at radius 2 is 1.56 bits per heavy atom. The maximum Gasteiger partial charge on any atom is 0.307 e. The number of aliphatic imine (C=N–C) groups is 1. The lowest BCUT2D eigenvalue weighted by molar-refractivity contribution is -0.155. The first-order valence-corrected chi connectivity index (χ1v) is 11.2. The van der Waals surface area contributed by atoms with Crippen molar-refractivity contribution in [3.8, 4) is 0 Å². The van der Waals surface area contributed by atoms with Crippen LogP contribution in [0.15, 0.2) is 83.9 Å². The minimum absolute atomic E-state index is 0.169. The van der Waals surface area contributed by atoms with Crippen LogP contribution < -0.4 is 0 Å². The van der Waals surface area contributed by atoms with E-state index >= 15 is 0 Å². The van der Waals surface area contributed by atoms with Crippen molar-refractivity contribution in [1.82, 2.24) is 0 Å². The normalized spacial score (nSPS) is 13.7. The predicted octanol–water partition coefficient (Wildman–Crippen LogP) is 7.32. The zero-order chi connectivity index (χ0) is 23.1. The molecule has 0 heterocycles. The molecule has 0 aliphatic heterocycles. The van der Waals surface area contributed by atoms with E-state index in [0.29, 0.717) is 5.02 Å². The van der Waals surface area contributed by atoms with Crippen LogP contribution in [0, 0.1) is 6.92 Å². The van der Waals surface area contributed by atoms with Crippen LogP contribution in [0.1, 0.15) is 61.4 Å². The van der Waals surface area contributed by atoms with E-state index < -0.39 is 5.60 Å². The van der Waals surface area contributed by atoms with Crippen molar-refractivity contribution < 1.29 is 9.53 Å². The van der Waals surface area contributed by atoms with Gasteiger partial charge in [-0.25, -0.2) is 0 Å². The molecule has 0 N–H and O–H groups in total. The lowest BCUT2D eigenvalue weighted by Gasteiger charge is -2.27. The Labute approximate surface area is 196 Å². The Morgan fingerprint density at radius 1 is 0.938 bits per heavy atom. The predicted molar refractivity (Wildman–Crippen MR) is 133 cm³/mol. The molecule has 0 bridgehead atoms. The molecule has 0 aromatic heterocycles. The van der Waals surface area contributed by atoms with Gasteiger partial charge in [0.1, 0.15) is 5.60 Å². The maximum absolute atomic E-state index is 12.9. The van der Waals surface area contributed by atoms with E-state index in [1.54, 1.807) is 0 Å². The van der Waals surface area contributed by atoms with Gasteiger partial charge < -0.3 is 4.74 Å². The number of hydrogen-bond acceptors (Lipinski definition) is 3. The average molecular weight is 448 g/mol. The Kier molecular flexibility index (Phi) is 7.87. The summed E-state index contributed by atoms with van der Waals surface area (Å²) in [6.07, 6.45) is 2.09. The van der Waals surface area contributed by atoms with Crippen LogP contribution in [-0.2, 0) is 9.53 Å². The first-order valence-electron chi connectivity index (χ1n) is 10.8. The summed E-state index contributed by atoms with van der Waals surface area (Å²) in [4.78, 5) is 17.8. The second-order valence-electron chi connectivity index (χ2n) is 8.99. The van der Waals surface area contributed by atoms with Gasteiger partial charge in [-0.3, -0.25) is 9.79 Å². The van der Waals surface area contributed by atoms with E-state index in [1.165, 1.54) is 5.56 Å². The molecule has 0 unspecified atom stereocenters. The number of nitrogens with zero attached hydrogens (tertiary/aromatic N) is 1. The number of rotatable bonds is 7. The molecule has 0 spiro atoms. The number of esters is 1. The smallest absolute Gasteiger partial charge is 0.307 e. The Hall–Kier alpha value is -2.91. The second-order valence-corrected chi connectivity index (χ2v) is 9.43. The first kappa shape index (κ1) is 23.7. The van der Waals surface area contributed by atoms with Crippen molar-refractivity contribution in [2.24, 2.45) is 4.99 Å². The Morgan fingerprint density at radius 3 is 2.16 bits per heavy atom. The first-order chi connectivity index (χ1) is 15.2. The van der Waals surface area contributed by atoms with Crippen LogP contribution in [0.2, 0.25) is 5.02 Å². The largest absolute Gasteiger partial charge is 0.460 e. The summed E-state index contributed by atoms with van der Waals surface area (Å²) in [7, 11) is 0. The summed E-state index contributed by atoms with van der Waals surface area (Å²) in [5, 5.41) is 0.685. The summed E-state index contributed by atoms with van der Waals surface area (Å²) in [5.41, 5.74) is 3.70. The minimum atomic E-state index is -0.537. The quantitative estimate of drug-likeness (QED) is 0.281. The van der Waals surface area contributed by atoms with Crippen molar-refractivity contribution in [2.45, 2.75) is 51.7 Å². The van der Waals surface area contributed by atoms with E-state index in [4.69, 9.17) is 21.3 Å². The van der Waals surface area contributed by atoms with Gasteiger partial charge in [-0.05, 0) is 56.5 Å². The summed E-state index contributed by atoms with van der Waals surface area (Å²) < 4.78 is 5.67. The number of carbonyl (C=O) groups is 1. The fraction of sp³-hybridized carbons (Fsp3) is 0.286. The van der Waals surface area contributed by atoms with Crippen LogP contribution in [0.5, 0.6) is 0 Å². The number of hydrogen-bond donors (Lipinski definition) is 0. The molecule has 0 aliphatic rings. The summed E-state index contributed by atoms with van der Waals surface area (Å²) in [6, 6.07) is 25.7. The molecular formula is C28H30ClNO2. The van der Waals surface area contributed by atoms with Crippen molar-refractivity contribution >= 4 is 23.8 Å². The highest BCUT2D eigenvalue weighted by Gasteiger charge is 2.29. The number of carbonyl (C=O) groups excluding carboxylic acids is 1. The minimum Gasteiger partial charge on any atom is -0.460 e. The van der Waals surface area contributed by atoms with Crippen molar-refractivity contribution in [1.29, 1.82) is 0 Å². The third-order valence-corrected chi connectivity index (χ3v) is 5.34. The lowest BCUT2D eigenvalue weighted by atomic mass is 9.84. The standard InChI is InChI=1S/C28H30ClNO2/c1-20-10-14-23(15-11-20)27(30-19-21-12-16-24(29)17-13-21)25(22-8-6-5-7-9-22)18-26(31)32-28(2,3)4/h5-17,19,25,27H,18H2,1-4H3/t25-,27-/m1/s1. The van der Waals surface area contributed by atoms with Crippen LogP contribution in [0.25, 0.3) is 0 Å². The van der Waals surface area contributed by atoms with Gasteiger partial charge in [-0.2, -0.15) is 0 Å². The topological polar surface area (TPSA) is 38.7 Å². The number of aryl methyl sites for hydroxylation is 1. The summed E-state index contributed by atoms with van der Waals surface area (Å²) in [6.45, 7) is 7.72. The van der Waals surface area contributed by atoms with E-state index in [0.717, 1.165) is 16.7 Å². The lowest BCUT2D eigenvalue weighted by Crippen LogP contribution is -2.26. The molecule has 4 heteroatoms. The highest BCUT2D eigenvalue weighted by molar-refractivity contribution is 6.30. The number of halogens is 1. The fourth-order valence-electron chi connectivity index (χ4n) is 3.58. The molecule has 3 aromatic rings. The molecule has 0 aliphatic carbocycles. The number of benzene rings is 3. The van der Waals surface area contributed by atoms with Crippen molar-refractivity contribution in [3.63, 3.8) is 0 Å². The molecule has 3 rings (SSSR count). The van der Waals surface area contributed by atoms with Crippen molar-refractivity contribution in [3.05, 3.63) is 106 Å². The van der Waals surface area contributed by atoms with Gasteiger partial charge in [0.25, 0.3) is 0 Å².